The number of anilines is 1. The van der Waals surface area contributed by atoms with Crippen molar-refractivity contribution >= 4 is 11.7 Å². The number of urea groups is 1. The zero-order valence-electron chi connectivity index (χ0n) is 13.7. The summed E-state index contributed by atoms with van der Waals surface area (Å²) in [5.74, 6) is -0.379. The van der Waals surface area contributed by atoms with Crippen molar-refractivity contribution in [1.82, 2.24) is 5.32 Å². The lowest BCUT2D eigenvalue weighted by Gasteiger charge is -2.24. The third kappa shape index (κ3) is 5.04. The lowest BCUT2D eigenvalue weighted by Crippen LogP contribution is -2.40. The zero-order valence-corrected chi connectivity index (χ0v) is 13.7. The van der Waals surface area contributed by atoms with Gasteiger partial charge < -0.3 is 20.5 Å². The highest BCUT2D eigenvalue weighted by Gasteiger charge is 2.23. The largest absolute Gasteiger partial charge is 0.384 e. The smallest absolute Gasteiger partial charge is 0.319 e. The maximum absolute atomic E-state index is 12.9. The fourth-order valence-electron chi connectivity index (χ4n) is 2.24. The van der Waals surface area contributed by atoms with Crippen LogP contribution in [0.25, 0.3) is 0 Å². The molecule has 24 heavy (non-hydrogen) atoms. The van der Waals surface area contributed by atoms with E-state index >= 15 is 0 Å². The quantitative estimate of drug-likeness (QED) is 0.761. The first-order valence-corrected chi connectivity index (χ1v) is 7.52. The van der Waals surface area contributed by atoms with Gasteiger partial charge in [0, 0.05) is 12.8 Å². The first-order valence-electron chi connectivity index (χ1n) is 7.52. The van der Waals surface area contributed by atoms with Crippen LogP contribution in [-0.2, 0) is 16.9 Å². The van der Waals surface area contributed by atoms with E-state index in [9.17, 15) is 14.3 Å². The van der Waals surface area contributed by atoms with E-state index in [1.54, 1.807) is 26.2 Å². The number of nitrogens with one attached hydrogen (secondary N) is 2. The molecular weight excluding hydrogens is 311 g/mol. The Labute approximate surface area is 140 Å². The summed E-state index contributed by atoms with van der Waals surface area (Å²) in [6, 6.07) is 12.4. The van der Waals surface area contributed by atoms with Gasteiger partial charge in [-0.05, 0) is 42.3 Å². The average Bonchev–Trinajstić information content (AvgIpc) is 2.54. The van der Waals surface area contributed by atoms with Gasteiger partial charge in [0.05, 0.1) is 13.2 Å². The number of carbonyl (C=O) groups is 1. The Bertz CT molecular complexity index is 687. The number of halogens is 1. The highest BCUT2D eigenvalue weighted by Crippen LogP contribution is 2.20. The van der Waals surface area contributed by atoms with Crippen molar-refractivity contribution in [3.63, 3.8) is 0 Å². The van der Waals surface area contributed by atoms with E-state index in [0.717, 1.165) is 5.56 Å². The van der Waals surface area contributed by atoms with Crippen molar-refractivity contribution < 1.29 is 19.0 Å². The standard InChI is InChI=1S/C18H21FN2O3/c1-18(23,14-6-8-15(19)9-7-14)12-20-17(22)21-16-5-3-4-13(10-16)11-24-2/h3-10,23H,11-12H2,1-2H3,(H2,20,21,22). The summed E-state index contributed by atoms with van der Waals surface area (Å²) in [7, 11) is 1.60. The molecule has 0 heterocycles. The molecule has 3 N–H and O–H groups in total. The lowest BCUT2D eigenvalue weighted by atomic mass is 9.96. The minimum absolute atomic E-state index is 0.0117. The molecule has 5 nitrogen and oxygen atoms in total. The summed E-state index contributed by atoms with van der Waals surface area (Å²) in [6.07, 6.45) is 0. The fourth-order valence-corrected chi connectivity index (χ4v) is 2.24. The molecule has 1 unspecified atom stereocenters. The number of carbonyl (C=O) groups excluding carboxylic acids is 1. The first-order chi connectivity index (χ1) is 11.4. The number of hydrogen-bond acceptors (Lipinski definition) is 3. The summed E-state index contributed by atoms with van der Waals surface area (Å²) in [6.45, 7) is 2.00. The van der Waals surface area contributed by atoms with Crippen LogP contribution in [0, 0.1) is 5.82 Å². The van der Waals surface area contributed by atoms with Gasteiger partial charge in [0.15, 0.2) is 0 Å². The van der Waals surface area contributed by atoms with Crippen molar-refractivity contribution in [2.75, 3.05) is 19.0 Å². The van der Waals surface area contributed by atoms with Crippen LogP contribution in [0.5, 0.6) is 0 Å². The number of ether oxygens (including phenoxy) is 1. The molecule has 2 amide bonds. The molecule has 0 aliphatic carbocycles. The highest BCUT2D eigenvalue weighted by atomic mass is 19.1. The van der Waals surface area contributed by atoms with Crippen molar-refractivity contribution in [2.24, 2.45) is 0 Å². The Hall–Kier alpha value is -2.44. The van der Waals surface area contributed by atoms with Gasteiger partial charge in [-0.2, -0.15) is 0 Å². The van der Waals surface area contributed by atoms with Crippen LogP contribution in [0.2, 0.25) is 0 Å². The molecule has 0 spiro atoms. The van der Waals surface area contributed by atoms with Crippen LogP contribution in [-0.4, -0.2) is 24.8 Å². The second-order valence-corrected chi connectivity index (χ2v) is 5.72. The second-order valence-electron chi connectivity index (χ2n) is 5.72. The molecule has 1 atom stereocenters. The van der Waals surface area contributed by atoms with Gasteiger partial charge in [-0.25, -0.2) is 9.18 Å². The Kier molecular flexibility index (Phi) is 5.89. The predicted octanol–water partition coefficient (Wildman–Crippen LogP) is 3.00. The molecule has 6 heteroatoms. The van der Waals surface area contributed by atoms with E-state index < -0.39 is 11.6 Å². The van der Waals surface area contributed by atoms with E-state index in [0.29, 0.717) is 17.9 Å². The summed E-state index contributed by atoms with van der Waals surface area (Å²) in [5.41, 5.74) is 0.784. The number of hydrogen-bond donors (Lipinski definition) is 3. The van der Waals surface area contributed by atoms with E-state index in [4.69, 9.17) is 4.74 Å². The molecule has 0 saturated heterocycles. The second kappa shape index (κ2) is 7.90. The Morgan fingerprint density at radius 3 is 2.62 bits per heavy atom. The number of amides is 2. The Morgan fingerprint density at radius 1 is 1.25 bits per heavy atom. The molecule has 2 aromatic carbocycles. The van der Waals surface area contributed by atoms with Gasteiger partial charge in [0.25, 0.3) is 0 Å². The van der Waals surface area contributed by atoms with Gasteiger partial charge in [-0.15, -0.1) is 0 Å². The van der Waals surface area contributed by atoms with Gasteiger partial charge >= 0.3 is 6.03 Å². The maximum atomic E-state index is 12.9. The van der Waals surface area contributed by atoms with E-state index in [1.807, 2.05) is 12.1 Å². The number of rotatable bonds is 6. The number of aliphatic hydroxyl groups is 1. The van der Waals surface area contributed by atoms with Crippen LogP contribution >= 0.6 is 0 Å². The molecular formula is C18H21FN2O3. The topological polar surface area (TPSA) is 70.6 Å². The van der Waals surface area contributed by atoms with Gasteiger partial charge in [0.2, 0.25) is 0 Å². The van der Waals surface area contributed by atoms with Crippen LogP contribution in [0.3, 0.4) is 0 Å². The minimum Gasteiger partial charge on any atom is -0.384 e. The van der Waals surface area contributed by atoms with E-state index in [-0.39, 0.29) is 12.4 Å². The molecule has 0 aliphatic heterocycles. The molecule has 0 saturated carbocycles. The summed E-state index contributed by atoms with van der Waals surface area (Å²) in [4.78, 5) is 12.0. The number of benzene rings is 2. The number of methoxy groups -OCH3 is 1. The van der Waals surface area contributed by atoms with Crippen molar-refractivity contribution in [3.05, 3.63) is 65.5 Å². The molecule has 128 valence electrons. The predicted molar refractivity (Wildman–Crippen MR) is 90.1 cm³/mol. The minimum atomic E-state index is -1.30. The Balaban J connectivity index is 1.92. The molecule has 0 aromatic heterocycles. The van der Waals surface area contributed by atoms with E-state index in [2.05, 4.69) is 10.6 Å². The monoisotopic (exact) mass is 332 g/mol. The zero-order chi connectivity index (χ0) is 17.6. The average molecular weight is 332 g/mol. The molecule has 2 aromatic rings. The molecule has 0 aliphatic rings. The van der Waals surface area contributed by atoms with Crippen LogP contribution in [0.15, 0.2) is 48.5 Å². The lowest BCUT2D eigenvalue weighted by molar-refractivity contribution is 0.0599. The van der Waals surface area contributed by atoms with Crippen molar-refractivity contribution in [1.29, 1.82) is 0 Å². The highest BCUT2D eigenvalue weighted by molar-refractivity contribution is 5.89. The third-order valence-corrected chi connectivity index (χ3v) is 3.56. The normalized spacial score (nSPS) is 13.2. The summed E-state index contributed by atoms with van der Waals surface area (Å²) >= 11 is 0. The molecule has 0 fully saturated rings. The third-order valence-electron chi connectivity index (χ3n) is 3.56. The first kappa shape index (κ1) is 17.9. The molecule has 2 rings (SSSR count). The Morgan fingerprint density at radius 2 is 1.96 bits per heavy atom. The summed E-state index contributed by atoms with van der Waals surface area (Å²) in [5, 5.41) is 15.7. The van der Waals surface area contributed by atoms with Crippen LogP contribution < -0.4 is 10.6 Å². The maximum Gasteiger partial charge on any atom is 0.319 e. The molecule has 0 bridgehead atoms. The summed E-state index contributed by atoms with van der Waals surface area (Å²) < 4.78 is 18.0. The van der Waals surface area contributed by atoms with Crippen LogP contribution in [0.4, 0.5) is 14.9 Å². The van der Waals surface area contributed by atoms with Gasteiger partial charge in [0.1, 0.15) is 11.4 Å². The van der Waals surface area contributed by atoms with Gasteiger partial charge in [-0.3, -0.25) is 0 Å². The SMILES string of the molecule is COCc1cccc(NC(=O)NCC(C)(O)c2ccc(F)cc2)c1. The molecule has 0 radical (unpaired) electrons. The fraction of sp³-hybridized carbons (Fsp3) is 0.278. The van der Waals surface area contributed by atoms with Crippen molar-refractivity contribution in [2.45, 2.75) is 19.1 Å². The van der Waals surface area contributed by atoms with E-state index in [1.165, 1.54) is 24.3 Å². The van der Waals surface area contributed by atoms with Crippen molar-refractivity contribution in [3.8, 4) is 0 Å². The van der Waals surface area contributed by atoms with Crippen LogP contribution in [0.1, 0.15) is 18.1 Å². The van der Waals surface area contributed by atoms with Gasteiger partial charge in [-0.1, -0.05) is 24.3 Å².